The van der Waals surface area contributed by atoms with Crippen LogP contribution in [0, 0.1) is 0 Å². The maximum atomic E-state index is 11.7. The Balaban J connectivity index is 2.36. The van der Waals surface area contributed by atoms with Crippen LogP contribution < -0.4 is 5.32 Å². The van der Waals surface area contributed by atoms with E-state index in [0.717, 1.165) is 19.3 Å². The quantitative estimate of drug-likeness (QED) is 0.647. The van der Waals surface area contributed by atoms with Crippen LogP contribution in [0.3, 0.4) is 0 Å². The number of alkyl carbamates (subject to hydrolysis) is 1. The van der Waals surface area contributed by atoms with Crippen LogP contribution in [-0.4, -0.2) is 72.8 Å². The first-order chi connectivity index (χ1) is 11.7. The highest BCUT2D eigenvalue weighted by molar-refractivity contribution is 5.72. The zero-order chi connectivity index (χ0) is 18.9. The molecule has 8 heteroatoms. The van der Waals surface area contributed by atoms with Crippen LogP contribution in [0.5, 0.6) is 0 Å². The summed E-state index contributed by atoms with van der Waals surface area (Å²) in [7, 11) is 0. The summed E-state index contributed by atoms with van der Waals surface area (Å²) in [5, 5.41) is 11.9. The predicted molar refractivity (Wildman–Crippen MR) is 92.5 cm³/mol. The molecule has 0 spiro atoms. The van der Waals surface area contributed by atoms with Gasteiger partial charge in [-0.1, -0.05) is 0 Å². The Morgan fingerprint density at radius 2 is 2.04 bits per heavy atom. The van der Waals surface area contributed by atoms with Crippen LogP contribution in [0.4, 0.5) is 4.79 Å². The molecule has 8 nitrogen and oxygen atoms in total. The van der Waals surface area contributed by atoms with Crippen molar-refractivity contribution in [3.05, 3.63) is 0 Å². The molecule has 1 aliphatic heterocycles. The van der Waals surface area contributed by atoms with Gasteiger partial charge < -0.3 is 24.6 Å². The summed E-state index contributed by atoms with van der Waals surface area (Å²) in [5.41, 5.74) is -0.564. The van der Waals surface area contributed by atoms with Gasteiger partial charge in [0.25, 0.3) is 0 Å². The fourth-order valence-corrected chi connectivity index (χ4v) is 2.42. The summed E-state index contributed by atoms with van der Waals surface area (Å²) in [4.78, 5) is 24.7. The third kappa shape index (κ3) is 9.62. The molecule has 0 bridgehead atoms. The molecule has 0 radical (unpaired) electrons. The molecule has 1 heterocycles. The maximum Gasteiger partial charge on any atom is 0.407 e. The second kappa shape index (κ2) is 10.6. The van der Waals surface area contributed by atoms with E-state index in [0.29, 0.717) is 32.8 Å². The van der Waals surface area contributed by atoms with Gasteiger partial charge >= 0.3 is 12.1 Å². The van der Waals surface area contributed by atoms with Crippen molar-refractivity contribution in [1.29, 1.82) is 0 Å². The fraction of sp³-hybridized carbons (Fsp3) is 0.882. The summed E-state index contributed by atoms with van der Waals surface area (Å²) in [6.45, 7) is 9.21. The molecule has 1 rings (SSSR count). The first-order valence-corrected chi connectivity index (χ1v) is 8.86. The number of rotatable bonds is 9. The highest BCUT2D eigenvalue weighted by atomic mass is 16.7. The molecule has 2 atom stereocenters. The van der Waals surface area contributed by atoms with Crippen molar-refractivity contribution in [2.75, 3.05) is 32.8 Å². The second-order valence-corrected chi connectivity index (χ2v) is 7.15. The Morgan fingerprint density at radius 3 is 2.60 bits per heavy atom. The van der Waals surface area contributed by atoms with Crippen LogP contribution in [0.2, 0.25) is 0 Å². The van der Waals surface area contributed by atoms with Crippen molar-refractivity contribution in [2.45, 2.75) is 64.9 Å². The molecule has 1 aliphatic rings. The van der Waals surface area contributed by atoms with E-state index >= 15 is 0 Å². The Bertz CT molecular complexity index is 418. The zero-order valence-corrected chi connectivity index (χ0v) is 15.7. The average molecular weight is 360 g/mol. The number of ether oxygens (including phenoxy) is 3. The van der Waals surface area contributed by atoms with Crippen molar-refractivity contribution in [2.24, 2.45) is 0 Å². The molecule has 0 aromatic rings. The SMILES string of the molecule is C[C@@H](C(=O)O)N(CCNC(=O)OC(C)(C)C)CCOC1CCCCO1. The summed E-state index contributed by atoms with van der Waals surface area (Å²) in [6.07, 6.45) is 2.30. The van der Waals surface area contributed by atoms with Gasteiger partial charge in [0.1, 0.15) is 11.6 Å². The number of aliphatic carboxylic acids is 1. The van der Waals surface area contributed by atoms with Crippen molar-refractivity contribution >= 4 is 12.1 Å². The minimum absolute atomic E-state index is 0.198. The number of nitrogens with one attached hydrogen (secondary N) is 1. The fourth-order valence-electron chi connectivity index (χ4n) is 2.42. The number of amides is 1. The molecule has 1 unspecified atom stereocenters. The van der Waals surface area contributed by atoms with E-state index in [1.165, 1.54) is 0 Å². The van der Waals surface area contributed by atoms with E-state index in [-0.39, 0.29) is 6.29 Å². The van der Waals surface area contributed by atoms with Gasteiger partial charge in [-0.05, 0) is 47.0 Å². The third-order valence-electron chi connectivity index (χ3n) is 3.79. The zero-order valence-electron chi connectivity index (χ0n) is 15.7. The average Bonchev–Trinajstić information content (AvgIpc) is 2.52. The molecule has 2 N–H and O–H groups in total. The summed E-state index contributed by atoms with van der Waals surface area (Å²) in [6, 6.07) is -0.670. The first kappa shape index (κ1) is 21.7. The smallest absolute Gasteiger partial charge is 0.407 e. The number of hydrogen-bond donors (Lipinski definition) is 2. The lowest BCUT2D eigenvalue weighted by molar-refractivity contribution is -0.166. The molecular formula is C17H32N2O6. The van der Waals surface area contributed by atoms with Crippen molar-refractivity contribution in [1.82, 2.24) is 10.2 Å². The topological polar surface area (TPSA) is 97.3 Å². The van der Waals surface area contributed by atoms with Gasteiger partial charge in [0.15, 0.2) is 6.29 Å². The standard InChI is InChI=1S/C17H32N2O6/c1-13(15(20)21)19(9-8-18-16(22)25-17(2,3)4)10-12-24-14-7-5-6-11-23-14/h13-14H,5-12H2,1-4H3,(H,18,22)(H,20,21)/t13-,14?/m0/s1. The molecule has 0 aromatic carbocycles. The number of carboxylic acids is 1. The molecule has 1 saturated heterocycles. The minimum atomic E-state index is -0.911. The minimum Gasteiger partial charge on any atom is -0.480 e. The van der Waals surface area contributed by atoms with Crippen molar-refractivity contribution in [3.8, 4) is 0 Å². The molecule has 1 amide bonds. The third-order valence-corrected chi connectivity index (χ3v) is 3.79. The monoisotopic (exact) mass is 360 g/mol. The molecule has 1 fully saturated rings. The van der Waals surface area contributed by atoms with E-state index in [9.17, 15) is 14.7 Å². The summed E-state index contributed by atoms with van der Waals surface area (Å²) < 4.78 is 16.3. The number of carbonyl (C=O) groups excluding carboxylic acids is 1. The lowest BCUT2D eigenvalue weighted by Crippen LogP contribution is -2.45. The van der Waals surface area contributed by atoms with E-state index < -0.39 is 23.7 Å². The van der Waals surface area contributed by atoms with E-state index in [4.69, 9.17) is 14.2 Å². The van der Waals surface area contributed by atoms with Gasteiger partial charge in [-0.25, -0.2) is 4.79 Å². The predicted octanol–water partition coefficient (Wildman–Crippen LogP) is 1.83. The number of carboxylic acid groups (broad SMARTS) is 1. The van der Waals surface area contributed by atoms with E-state index in [2.05, 4.69) is 5.32 Å². The van der Waals surface area contributed by atoms with Crippen LogP contribution >= 0.6 is 0 Å². The van der Waals surface area contributed by atoms with Crippen LogP contribution in [0.15, 0.2) is 0 Å². The van der Waals surface area contributed by atoms with E-state index in [1.54, 1.807) is 32.6 Å². The van der Waals surface area contributed by atoms with Crippen molar-refractivity contribution in [3.63, 3.8) is 0 Å². The number of carbonyl (C=O) groups is 2. The molecule has 0 aliphatic carbocycles. The summed E-state index contributed by atoms with van der Waals surface area (Å²) in [5.74, 6) is -0.911. The molecule has 0 saturated carbocycles. The Kier molecular flexibility index (Phi) is 9.16. The second-order valence-electron chi connectivity index (χ2n) is 7.15. The van der Waals surface area contributed by atoms with Crippen molar-refractivity contribution < 1.29 is 28.9 Å². The summed E-state index contributed by atoms with van der Waals surface area (Å²) >= 11 is 0. The van der Waals surface area contributed by atoms with Gasteiger partial charge in [0, 0.05) is 26.2 Å². The van der Waals surface area contributed by atoms with E-state index in [1.807, 2.05) is 0 Å². The first-order valence-electron chi connectivity index (χ1n) is 8.86. The van der Waals surface area contributed by atoms with Gasteiger partial charge in [0.05, 0.1) is 6.61 Å². The highest BCUT2D eigenvalue weighted by Gasteiger charge is 2.22. The Hall–Kier alpha value is -1.38. The van der Waals surface area contributed by atoms with Gasteiger partial charge in [-0.3, -0.25) is 9.69 Å². The maximum absolute atomic E-state index is 11.7. The number of nitrogens with zero attached hydrogens (tertiary/aromatic N) is 1. The van der Waals surface area contributed by atoms with Crippen LogP contribution in [0.1, 0.15) is 47.0 Å². The Morgan fingerprint density at radius 1 is 1.32 bits per heavy atom. The molecule has 25 heavy (non-hydrogen) atoms. The highest BCUT2D eigenvalue weighted by Crippen LogP contribution is 2.13. The van der Waals surface area contributed by atoms with Gasteiger partial charge in [-0.2, -0.15) is 0 Å². The van der Waals surface area contributed by atoms with Crippen LogP contribution in [0.25, 0.3) is 0 Å². The van der Waals surface area contributed by atoms with Gasteiger partial charge in [-0.15, -0.1) is 0 Å². The molecule has 146 valence electrons. The normalized spacial score (nSPS) is 19.5. The van der Waals surface area contributed by atoms with Gasteiger partial charge in [0.2, 0.25) is 0 Å². The lowest BCUT2D eigenvalue weighted by atomic mass is 10.2. The Labute approximate surface area is 149 Å². The molecular weight excluding hydrogens is 328 g/mol. The largest absolute Gasteiger partial charge is 0.480 e. The number of hydrogen-bond acceptors (Lipinski definition) is 6. The van der Waals surface area contributed by atoms with Crippen LogP contribution in [-0.2, 0) is 19.0 Å². The molecule has 0 aromatic heterocycles. The lowest BCUT2D eigenvalue weighted by Gasteiger charge is -2.28.